The number of aryl methyl sites for hydroxylation is 2. The molecular formula is C18H24N4O3. The second-order valence-electron chi connectivity index (χ2n) is 6.62. The number of carbonyl (C=O) groups is 1. The molecule has 2 N–H and O–H groups in total. The van der Waals surface area contributed by atoms with E-state index in [0.29, 0.717) is 31.6 Å². The SMILES string of the molecule is COc1cncc([C@H](NC(=O)CCn2cc(C)cn2)C2CC(O)C2)c1. The van der Waals surface area contributed by atoms with Crippen LogP contribution in [0.4, 0.5) is 0 Å². The molecule has 0 bridgehead atoms. The van der Waals surface area contributed by atoms with E-state index in [9.17, 15) is 9.90 Å². The molecule has 1 aliphatic carbocycles. The summed E-state index contributed by atoms with van der Waals surface area (Å²) in [5.41, 5.74) is 1.98. The number of nitrogens with one attached hydrogen (secondary N) is 1. The fourth-order valence-corrected chi connectivity index (χ4v) is 3.14. The zero-order chi connectivity index (χ0) is 17.8. The molecule has 2 aromatic rings. The van der Waals surface area contributed by atoms with Crippen molar-refractivity contribution in [2.24, 2.45) is 5.92 Å². The van der Waals surface area contributed by atoms with Crippen LogP contribution in [0.2, 0.25) is 0 Å². The fraction of sp³-hybridized carbons (Fsp3) is 0.500. The third-order valence-corrected chi connectivity index (χ3v) is 4.60. The van der Waals surface area contributed by atoms with Gasteiger partial charge in [-0.25, -0.2) is 0 Å². The predicted octanol–water partition coefficient (Wildman–Crippen LogP) is 1.61. The van der Waals surface area contributed by atoms with Crippen molar-refractivity contribution in [2.45, 2.75) is 44.9 Å². The average Bonchev–Trinajstić information content (AvgIpc) is 3.01. The maximum atomic E-state index is 12.4. The van der Waals surface area contributed by atoms with E-state index in [0.717, 1.165) is 11.1 Å². The lowest BCUT2D eigenvalue weighted by Gasteiger charge is -2.38. The molecule has 1 amide bonds. The van der Waals surface area contributed by atoms with Gasteiger partial charge in [0, 0.05) is 25.4 Å². The molecule has 3 rings (SSSR count). The van der Waals surface area contributed by atoms with Gasteiger partial charge in [0.1, 0.15) is 5.75 Å². The number of ether oxygens (including phenoxy) is 1. The van der Waals surface area contributed by atoms with Crippen molar-refractivity contribution >= 4 is 5.91 Å². The van der Waals surface area contributed by atoms with E-state index in [4.69, 9.17) is 4.74 Å². The molecule has 25 heavy (non-hydrogen) atoms. The quantitative estimate of drug-likeness (QED) is 0.797. The van der Waals surface area contributed by atoms with Crippen LogP contribution < -0.4 is 10.1 Å². The summed E-state index contributed by atoms with van der Waals surface area (Å²) in [6.07, 6.45) is 8.51. The van der Waals surface area contributed by atoms with Gasteiger partial charge >= 0.3 is 0 Å². The first kappa shape index (κ1) is 17.4. The number of nitrogens with zero attached hydrogens (tertiary/aromatic N) is 3. The van der Waals surface area contributed by atoms with E-state index in [1.807, 2.05) is 19.2 Å². The van der Waals surface area contributed by atoms with Gasteiger partial charge in [-0.05, 0) is 42.9 Å². The molecule has 0 spiro atoms. The van der Waals surface area contributed by atoms with E-state index >= 15 is 0 Å². The Hall–Kier alpha value is -2.41. The number of hydrogen-bond acceptors (Lipinski definition) is 5. The summed E-state index contributed by atoms with van der Waals surface area (Å²) < 4.78 is 7.00. The van der Waals surface area contributed by atoms with Crippen LogP contribution in [0.5, 0.6) is 5.75 Å². The van der Waals surface area contributed by atoms with E-state index in [1.165, 1.54) is 0 Å². The van der Waals surface area contributed by atoms with Crippen molar-refractivity contribution in [3.63, 3.8) is 0 Å². The monoisotopic (exact) mass is 344 g/mol. The summed E-state index contributed by atoms with van der Waals surface area (Å²) in [6, 6.07) is 1.72. The first-order valence-corrected chi connectivity index (χ1v) is 8.50. The van der Waals surface area contributed by atoms with Crippen LogP contribution in [0.3, 0.4) is 0 Å². The minimum atomic E-state index is -0.282. The molecule has 7 heteroatoms. The van der Waals surface area contributed by atoms with Crippen molar-refractivity contribution < 1.29 is 14.6 Å². The third-order valence-electron chi connectivity index (χ3n) is 4.60. The Labute approximate surface area is 147 Å². The molecule has 0 unspecified atom stereocenters. The van der Waals surface area contributed by atoms with Crippen LogP contribution in [0.25, 0.3) is 0 Å². The van der Waals surface area contributed by atoms with Crippen LogP contribution >= 0.6 is 0 Å². The van der Waals surface area contributed by atoms with Crippen molar-refractivity contribution in [3.8, 4) is 5.75 Å². The highest BCUT2D eigenvalue weighted by Crippen LogP contribution is 2.38. The Bertz CT molecular complexity index is 725. The predicted molar refractivity (Wildman–Crippen MR) is 92.0 cm³/mol. The van der Waals surface area contributed by atoms with Gasteiger partial charge < -0.3 is 15.2 Å². The first-order chi connectivity index (χ1) is 12.0. The second kappa shape index (κ2) is 7.65. The summed E-state index contributed by atoms with van der Waals surface area (Å²) in [5.74, 6) is 0.825. The van der Waals surface area contributed by atoms with Crippen LogP contribution in [-0.2, 0) is 11.3 Å². The molecule has 1 fully saturated rings. The van der Waals surface area contributed by atoms with E-state index in [2.05, 4.69) is 15.4 Å². The Kier molecular flexibility index (Phi) is 5.33. The molecule has 1 atom stereocenters. The molecule has 1 aliphatic rings. The molecule has 1 saturated carbocycles. The van der Waals surface area contributed by atoms with E-state index in [-0.39, 0.29) is 24.0 Å². The lowest BCUT2D eigenvalue weighted by molar-refractivity contribution is -0.123. The van der Waals surface area contributed by atoms with Gasteiger partial charge in [0.2, 0.25) is 5.91 Å². The highest BCUT2D eigenvalue weighted by Gasteiger charge is 2.35. The third kappa shape index (κ3) is 4.36. The number of aromatic nitrogens is 3. The molecule has 0 radical (unpaired) electrons. The molecule has 2 heterocycles. The first-order valence-electron chi connectivity index (χ1n) is 8.50. The number of amides is 1. The van der Waals surface area contributed by atoms with Crippen molar-refractivity contribution in [2.75, 3.05) is 7.11 Å². The van der Waals surface area contributed by atoms with Crippen LogP contribution in [0, 0.1) is 12.8 Å². The number of aliphatic hydroxyl groups excluding tert-OH is 1. The highest BCUT2D eigenvalue weighted by molar-refractivity contribution is 5.76. The zero-order valence-electron chi connectivity index (χ0n) is 14.6. The zero-order valence-corrected chi connectivity index (χ0v) is 14.6. The van der Waals surface area contributed by atoms with Crippen molar-refractivity contribution in [3.05, 3.63) is 42.0 Å². The second-order valence-corrected chi connectivity index (χ2v) is 6.62. The number of carbonyl (C=O) groups excluding carboxylic acids is 1. The molecule has 0 aromatic carbocycles. The van der Waals surface area contributed by atoms with Crippen LogP contribution in [0.15, 0.2) is 30.9 Å². The summed E-state index contributed by atoms with van der Waals surface area (Å²) in [6.45, 7) is 2.51. The minimum Gasteiger partial charge on any atom is -0.495 e. The molecule has 7 nitrogen and oxygen atoms in total. The molecule has 2 aromatic heterocycles. The van der Waals surface area contributed by atoms with Crippen LogP contribution in [-0.4, -0.2) is 39.0 Å². The topological polar surface area (TPSA) is 89.3 Å². The lowest BCUT2D eigenvalue weighted by atomic mass is 9.75. The Morgan fingerprint density at radius 1 is 1.44 bits per heavy atom. The maximum absolute atomic E-state index is 12.4. The van der Waals surface area contributed by atoms with Crippen molar-refractivity contribution in [1.29, 1.82) is 0 Å². The lowest BCUT2D eigenvalue weighted by Crippen LogP contribution is -2.41. The normalized spacial score (nSPS) is 20.6. The van der Waals surface area contributed by atoms with Gasteiger partial charge in [-0.15, -0.1) is 0 Å². The smallest absolute Gasteiger partial charge is 0.222 e. The van der Waals surface area contributed by atoms with Gasteiger partial charge in [-0.2, -0.15) is 5.10 Å². The van der Waals surface area contributed by atoms with Gasteiger partial charge in [0.05, 0.1) is 31.6 Å². The van der Waals surface area contributed by atoms with E-state index < -0.39 is 0 Å². The number of hydrogen-bond donors (Lipinski definition) is 2. The van der Waals surface area contributed by atoms with Gasteiger partial charge in [0.25, 0.3) is 0 Å². The molecular weight excluding hydrogens is 320 g/mol. The number of pyridine rings is 1. The summed E-state index contributed by atoms with van der Waals surface area (Å²) in [7, 11) is 1.59. The van der Waals surface area contributed by atoms with Crippen LogP contribution in [0.1, 0.15) is 36.4 Å². The number of rotatable bonds is 7. The Morgan fingerprint density at radius 2 is 2.24 bits per heavy atom. The Morgan fingerprint density at radius 3 is 2.88 bits per heavy atom. The summed E-state index contributed by atoms with van der Waals surface area (Å²) in [5, 5.41) is 16.9. The van der Waals surface area contributed by atoms with Gasteiger partial charge in [0.15, 0.2) is 0 Å². The van der Waals surface area contributed by atoms with Crippen molar-refractivity contribution in [1.82, 2.24) is 20.1 Å². The number of aliphatic hydroxyl groups is 1. The molecule has 0 saturated heterocycles. The average molecular weight is 344 g/mol. The van der Waals surface area contributed by atoms with Gasteiger partial charge in [-0.1, -0.05) is 0 Å². The summed E-state index contributed by atoms with van der Waals surface area (Å²) >= 11 is 0. The molecule has 134 valence electrons. The standard InChI is InChI=1S/C18H24N4O3/c1-12-8-20-22(11-12)4-3-17(24)21-18(13-5-15(23)6-13)14-7-16(25-2)10-19-9-14/h7-11,13,15,18,23H,3-6H2,1-2H3,(H,21,24)/t13?,15?,18-/m1/s1. The van der Waals surface area contributed by atoms with Gasteiger partial charge in [-0.3, -0.25) is 14.5 Å². The Balaban J connectivity index is 1.65. The summed E-state index contributed by atoms with van der Waals surface area (Å²) in [4.78, 5) is 16.6. The maximum Gasteiger partial charge on any atom is 0.222 e. The van der Waals surface area contributed by atoms with E-state index in [1.54, 1.807) is 30.4 Å². The highest BCUT2D eigenvalue weighted by atomic mass is 16.5. The minimum absolute atomic E-state index is 0.0395. The largest absolute Gasteiger partial charge is 0.495 e. The molecule has 0 aliphatic heterocycles. The fourth-order valence-electron chi connectivity index (χ4n) is 3.14. The number of methoxy groups -OCH3 is 1.